The molecule has 0 radical (unpaired) electrons. The number of methoxy groups -OCH3 is 1. The zero-order chi connectivity index (χ0) is 36.1. The standard InChI is InChI=1S/C37H32F4N4O6/c1-48-33-15-24(6-11-32(33)51-20-28-19-49-12-13-50-28)25-14-29(35(42)43-16-25)22-4-9-27(10-5-22)44-36(47)31-18-45(21-37(39,40)41)17-30(34(31)46)23-2-7-26(38)8-3-23/h2-11,14-18,28H,12-13,19-21H2,1H3,(H2,42,43)(H,44,47)/t28-/m1/s1. The van der Waals surface area contributed by atoms with Gasteiger partial charge in [-0.2, -0.15) is 13.2 Å². The average molecular weight is 705 g/mol. The molecule has 1 amide bonds. The van der Waals surface area contributed by atoms with Gasteiger partial charge in [0.1, 0.15) is 36.5 Å². The number of benzene rings is 3. The molecule has 264 valence electrons. The molecule has 0 saturated carbocycles. The van der Waals surface area contributed by atoms with E-state index >= 15 is 0 Å². The molecular formula is C37H32F4N4O6. The number of rotatable bonds is 10. The van der Waals surface area contributed by atoms with Gasteiger partial charge < -0.3 is 34.6 Å². The summed E-state index contributed by atoms with van der Waals surface area (Å²) in [4.78, 5) is 30.9. The Morgan fingerprint density at radius 1 is 0.941 bits per heavy atom. The van der Waals surface area contributed by atoms with Gasteiger partial charge in [0.15, 0.2) is 11.5 Å². The van der Waals surface area contributed by atoms with Gasteiger partial charge in [0, 0.05) is 41.0 Å². The summed E-state index contributed by atoms with van der Waals surface area (Å²) in [6, 6.07) is 18.5. The molecule has 1 fully saturated rings. The molecule has 5 aromatic rings. The summed E-state index contributed by atoms with van der Waals surface area (Å²) in [6.45, 7) is 0.384. The normalized spacial score (nSPS) is 14.6. The Balaban J connectivity index is 1.21. The van der Waals surface area contributed by atoms with Gasteiger partial charge in [-0.1, -0.05) is 30.3 Å². The van der Waals surface area contributed by atoms with Crippen LogP contribution < -0.4 is 26.0 Å². The second-order valence-corrected chi connectivity index (χ2v) is 11.6. The van der Waals surface area contributed by atoms with Crippen molar-refractivity contribution in [1.82, 2.24) is 9.55 Å². The van der Waals surface area contributed by atoms with Gasteiger partial charge in [0.2, 0.25) is 5.43 Å². The number of amides is 1. The molecular weight excluding hydrogens is 672 g/mol. The second-order valence-electron chi connectivity index (χ2n) is 11.6. The molecule has 0 unspecified atom stereocenters. The highest BCUT2D eigenvalue weighted by atomic mass is 19.4. The molecule has 51 heavy (non-hydrogen) atoms. The molecule has 0 spiro atoms. The van der Waals surface area contributed by atoms with E-state index in [-0.39, 0.29) is 28.7 Å². The van der Waals surface area contributed by atoms with Crippen molar-refractivity contribution in [2.75, 3.05) is 44.6 Å². The first-order valence-electron chi connectivity index (χ1n) is 15.7. The molecule has 1 aliphatic rings. The third-order valence-corrected chi connectivity index (χ3v) is 8.02. The first kappa shape index (κ1) is 35.1. The molecule has 14 heteroatoms. The van der Waals surface area contributed by atoms with Crippen molar-refractivity contribution in [2.45, 2.75) is 18.8 Å². The molecule has 10 nitrogen and oxygen atoms in total. The fourth-order valence-corrected chi connectivity index (χ4v) is 5.50. The number of ether oxygens (including phenoxy) is 4. The summed E-state index contributed by atoms with van der Waals surface area (Å²) >= 11 is 0. The molecule has 0 bridgehead atoms. The summed E-state index contributed by atoms with van der Waals surface area (Å²) in [5.74, 6) is -0.209. The summed E-state index contributed by atoms with van der Waals surface area (Å²) in [5.41, 5.74) is 7.94. The van der Waals surface area contributed by atoms with E-state index in [1.54, 1.807) is 43.6 Å². The van der Waals surface area contributed by atoms with E-state index in [1.807, 2.05) is 18.2 Å². The minimum atomic E-state index is -4.63. The zero-order valence-electron chi connectivity index (χ0n) is 27.2. The Bertz CT molecular complexity index is 2080. The van der Waals surface area contributed by atoms with Crippen molar-refractivity contribution in [3.8, 4) is 44.9 Å². The van der Waals surface area contributed by atoms with Gasteiger partial charge in [0.05, 0.1) is 26.9 Å². The number of nitrogens with one attached hydrogen (secondary N) is 1. The maximum Gasteiger partial charge on any atom is 0.406 e. The Morgan fingerprint density at radius 2 is 1.65 bits per heavy atom. The van der Waals surface area contributed by atoms with Crippen LogP contribution >= 0.6 is 0 Å². The zero-order valence-corrected chi connectivity index (χ0v) is 27.2. The number of nitrogen functional groups attached to an aromatic ring is 1. The highest BCUT2D eigenvalue weighted by Crippen LogP contribution is 2.35. The topological polar surface area (TPSA) is 127 Å². The fraction of sp³-hybridized carbons (Fsp3) is 0.216. The van der Waals surface area contributed by atoms with Crippen molar-refractivity contribution in [1.29, 1.82) is 0 Å². The summed E-state index contributed by atoms with van der Waals surface area (Å²) in [6.07, 6.45) is -1.34. The number of nitrogens with zero attached hydrogens (tertiary/aromatic N) is 2. The summed E-state index contributed by atoms with van der Waals surface area (Å²) in [5, 5.41) is 2.58. The van der Waals surface area contributed by atoms with Gasteiger partial charge in [0.25, 0.3) is 5.91 Å². The summed E-state index contributed by atoms with van der Waals surface area (Å²) in [7, 11) is 1.54. The summed E-state index contributed by atoms with van der Waals surface area (Å²) < 4.78 is 76.6. The van der Waals surface area contributed by atoms with Crippen molar-refractivity contribution in [3.63, 3.8) is 0 Å². The Kier molecular flexibility index (Phi) is 10.3. The lowest BCUT2D eigenvalue weighted by Gasteiger charge is -2.23. The smallest absolute Gasteiger partial charge is 0.406 e. The van der Waals surface area contributed by atoms with E-state index < -0.39 is 35.4 Å². The fourth-order valence-electron chi connectivity index (χ4n) is 5.50. The van der Waals surface area contributed by atoms with Crippen LogP contribution in [0.3, 0.4) is 0 Å². The molecule has 3 aromatic carbocycles. The number of halogens is 4. The van der Waals surface area contributed by atoms with Gasteiger partial charge in [-0.25, -0.2) is 9.37 Å². The SMILES string of the molecule is COc1cc(-c2cnc(N)c(-c3ccc(NC(=O)c4cn(CC(F)(F)F)cc(-c5ccc(F)cc5)c4=O)cc3)c2)ccc1OC[C@H]1COCCO1. The van der Waals surface area contributed by atoms with E-state index in [1.165, 1.54) is 12.1 Å². The molecule has 2 aromatic heterocycles. The number of anilines is 2. The van der Waals surface area contributed by atoms with Gasteiger partial charge in [-0.3, -0.25) is 9.59 Å². The van der Waals surface area contributed by atoms with Gasteiger partial charge >= 0.3 is 6.18 Å². The third-order valence-electron chi connectivity index (χ3n) is 8.02. The average Bonchev–Trinajstić information content (AvgIpc) is 3.12. The Labute approximate surface area is 289 Å². The van der Waals surface area contributed by atoms with Crippen LogP contribution in [0, 0.1) is 5.82 Å². The van der Waals surface area contributed by atoms with E-state index in [0.29, 0.717) is 53.6 Å². The minimum Gasteiger partial charge on any atom is -0.493 e. The van der Waals surface area contributed by atoms with Crippen LogP contribution in [-0.2, 0) is 16.0 Å². The van der Waals surface area contributed by atoms with Crippen molar-refractivity contribution < 1.29 is 41.3 Å². The van der Waals surface area contributed by atoms with Crippen LogP contribution in [-0.4, -0.2) is 61.3 Å². The number of hydrogen-bond acceptors (Lipinski definition) is 8. The first-order chi connectivity index (χ1) is 24.5. The van der Waals surface area contributed by atoms with Crippen molar-refractivity contribution >= 4 is 17.4 Å². The number of nitrogens with two attached hydrogens (primary N) is 1. The number of alkyl halides is 3. The highest BCUT2D eigenvalue weighted by Gasteiger charge is 2.29. The lowest BCUT2D eigenvalue weighted by atomic mass is 10.0. The number of aromatic nitrogens is 2. The number of carbonyl (C=O) groups is 1. The molecule has 0 aliphatic carbocycles. The lowest BCUT2D eigenvalue weighted by Crippen LogP contribution is -2.33. The highest BCUT2D eigenvalue weighted by molar-refractivity contribution is 6.04. The number of carbonyl (C=O) groups excluding carboxylic acids is 1. The van der Waals surface area contributed by atoms with Gasteiger partial charge in [-0.05, 0) is 59.2 Å². The van der Waals surface area contributed by atoms with Crippen LogP contribution in [0.1, 0.15) is 10.4 Å². The molecule has 1 aliphatic heterocycles. The Hall–Kier alpha value is -5.73. The lowest BCUT2D eigenvalue weighted by molar-refractivity contribution is -0.140. The maximum atomic E-state index is 13.5. The largest absolute Gasteiger partial charge is 0.493 e. The van der Waals surface area contributed by atoms with Crippen LogP contribution in [0.25, 0.3) is 33.4 Å². The number of pyridine rings is 2. The molecule has 3 heterocycles. The molecule has 6 rings (SSSR count). The predicted octanol–water partition coefficient (Wildman–Crippen LogP) is 6.58. The van der Waals surface area contributed by atoms with Crippen LogP contribution in [0.15, 0.2) is 96.2 Å². The quantitative estimate of drug-likeness (QED) is 0.156. The maximum absolute atomic E-state index is 13.5. The Morgan fingerprint density at radius 3 is 2.33 bits per heavy atom. The number of hydrogen-bond donors (Lipinski definition) is 2. The van der Waals surface area contributed by atoms with E-state index in [4.69, 9.17) is 24.7 Å². The monoisotopic (exact) mass is 704 g/mol. The van der Waals surface area contributed by atoms with E-state index in [2.05, 4.69) is 10.3 Å². The minimum absolute atomic E-state index is 0.160. The predicted molar refractivity (Wildman–Crippen MR) is 182 cm³/mol. The van der Waals surface area contributed by atoms with E-state index in [9.17, 15) is 27.2 Å². The first-order valence-corrected chi connectivity index (χ1v) is 15.7. The van der Waals surface area contributed by atoms with Crippen molar-refractivity contribution in [2.24, 2.45) is 0 Å². The molecule has 1 saturated heterocycles. The third kappa shape index (κ3) is 8.53. The van der Waals surface area contributed by atoms with Crippen LogP contribution in [0.4, 0.5) is 29.1 Å². The molecule has 3 N–H and O–H groups in total. The second kappa shape index (κ2) is 15.0. The van der Waals surface area contributed by atoms with Crippen molar-refractivity contribution in [3.05, 3.63) is 113 Å². The van der Waals surface area contributed by atoms with E-state index in [0.717, 1.165) is 35.7 Å². The molecule has 1 atom stereocenters. The van der Waals surface area contributed by atoms with Crippen LogP contribution in [0.2, 0.25) is 0 Å². The van der Waals surface area contributed by atoms with Gasteiger partial charge in [-0.15, -0.1) is 0 Å². The van der Waals surface area contributed by atoms with Crippen LogP contribution in [0.5, 0.6) is 11.5 Å².